The fourth-order valence-corrected chi connectivity index (χ4v) is 3.36. The van der Waals surface area contributed by atoms with Gasteiger partial charge in [0.15, 0.2) is 17.8 Å². The van der Waals surface area contributed by atoms with E-state index in [1.807, 2.05) is 12.1 Å². The van der Waals surface area contributed by atoms with Gasteiger partial charge in [0.1, 0.15) is 11.6 Å². The summed E-state index contributed by atoms with van der Waals surface area (Å²) >= 11 is 0. The maximum atomic E-state index is 13.0. The number of nitrogens with one attached hydrogen (secondary N) is 2. The normalized spacial score (nSPS) is 17.1. The van der Waals surface area contributed by atoms with E-state index in [0.29, 0.717) is 24.7 Å². The van der Waals surface area contributed by atoms with Gasteiger partial charge in [-0.2, -0.15) is 5.10 Å². The van der Waals surface area contributed by atoms with Crippen molar-refractivity contribution in [3.05, 3.63) is 52.7 Å². The number of oxazole rings is 1. The molecule has 0 bridgehead atoms. The Labute approximate surface area is 154 Å². The Bertz CT molecular complexity index is 988. The van der Waals surface area contributed by atoms with Crippen molar-refractivity contribution >= 4 is 5.91 Å². The number of rotatable bonds is 4. The molecule has 1 aromatic carbocycles. The molecular weight excluding hydrogens is 350 g/mol. The molecule has 1 aliphatic rings. The average Bonchev–Trinajstić information content (AvgIpc) is 3.37. The number of hydrogen-bond acceptors (Lipinski definition) is 6. The Morgan fingerprint density at radius 3 is 2.85 bits per heavy atom. The predicted molar refractivity (Wildman–Crippen MR) is 95.6 cm³/mol. The minimum absolute atomic E-state index is 0.0158. The summed E-state index contributed by atoms with van der Waals surface area (Å²) in [5.74, 6) is 1.51. The van der Waals surface area contributed by atoms with Crippen molar-refractivity contribution in [2.75, 3.05) is 20.2 Å². The topological polar surface area (TPSA) is 117 Å². The second kappa shape index (κ2) is 7.10. The Morgan fingerprint density at radius 1 is 1.33 bits per heavy atom. The Hall–Kier alpha value is -3.36. The van der Waals surface area contributed by atoms with Crippen molar-refractivity contribution in [3.63, 3.8) is 0 Å². The van der Waals surface area contributed by atoms with Crippen LogP contribution in [0.2, 0.25) is 0 Å². The van der Waals surface area contributed by atoms with Crippen LogP contribution in [-0.2, 0) is 0 Å². The molecule has 1 atom stereocenters. The summed E-state index contributed by atoms with van der Waals surface area (Å²) in [7, 11) is 1.60. The molecule has 4 rings (SSSR count). The molecule has 2 N–H and O–H groups in total. The molecule has 9 nitrogen and oxygen atoms in total. The van der Waals surface area contributed by atoms with E-state index in [9.17, 15) is 9.59 Å². The number of ether oxygens (including phenoxy) is 1. The van der Waals surface area contributed by atoms with Crippen LogP contribution < -0.4 is 10.4 Å². The van der Waals surface area contributed by atoms with Crippen LogP contribution in [0.4, 0.5) is 0 Å². The number of methoxy groups -OCH3 is 1. The van der Waals surface area contributed by atoms with E-state index in [0.717, 1.165) is 24.2 Å². The van der Waals surface area contributed by atoms with E-state index in [1.165, 1.54) is 6.39 Å². The fourth-order valence-electron chi connectivity index (χ4n) is 3.36. The molecule has 3 aromatic rings. The molecule has 1 unspecified atom stereocenters. The highest BCUT2D eigenvalue weighted by atomic mass is 16.5. The summed E-state index contributed by atoms with van der Waals surface area (Å²) in [5.41, 5.74) is 0.685. The third kappa shape index (κ3) is 3.35. The number of piperidine rings is 1. The molecule has 27 heavy (non-hydrogen) atoms. The zero-order valence-electron chi connectivity index (χ0n) is 14.8. The summed E-state index contributed by atoms with van der Waals surface area (Å²) in [5, 5.41) is 6.38. The summed E-state index contributed by atoms with van der Waals surface area (Å²) < 4.78 is 10.6. The number of H-pyrrole nitrogens is 2. The SMILES string of the molecule is COc1ccc(-c2ocnc2C(=O)N2CCCC(c3n[nH]c(=O)[nH]3)C2)cc1. The van der Waals surface area contributed by atoms with Crippen molar-refractivity contribution in [1.82, 2.24) is 25.1 Å². The molecule has 0 aliphatic carbocycles. The molecule has 1 fully saturated rings. The number of carbonyl (C=O) groups is 1. The number of nitrogens with zero attached hydrogens (tertiary/aromatic N) is 3. The van der Waals surface area contributed by atoms with Crippen LogP contribution in [0.25, 0.3) is 11.3 Å². The van der Waals surface area contributed by atoms with E-state index in [2.05, 4.69) is 20.2 Å². The third-order valence-electron chi connectivity index (χ3n) is 4.74. The summed E-state index contributed by atoms with van der Waals surface area (Å²) in [6.45, 7) is 1.09. The smallest absolute Gasteiger partial charge is 0.340 e. The van der Waals surface area contributed by atoms with Gasteiger partial charge in [0.05, 0.1) is 7.11 Å². The highest BCUT2D eigenvalue weighted by Crippen LogP contribution is 2.29. The van der Waals surface area contributed by atoms with Crippen LogP contribution in [0, 0.1) is 0 Å². The zero-order chi connectivity index (χ0) is 18.8. The first-order chi connectivity index (χ1) is 13.2. The molecule has 9 heteroatoms. The van der Waals surface area contributed by atoms with Crippen LogP contribution >= 0.6 is 0 Å². The van der Waals surface area contributed by atoms with Crippen LogP contribution in [-0.4, -0.2) is 51.2 Å². The molecule has 0 radical (unpaired) electrons. The lowest BCUT2D eigenvalue weighted by Crippen LogP contribution is -2.39. The summed E-state index contributed by atoms with van der Waals surface area (Å²) in [6.07, 6.45) is 2.95. The van der Waals surface area contributed by atoms with Gasteiger partial charge >= 0.3 is 5.69 Å². The second-order valence-corrected chi connectivity index (χ2v) is 6.41. The number of carbonyl (C=O) groups excluding carboxylic acids is 1. The lowest BCUT2D eigenvalue weighted by Gasteiger charge is -2.31. The van der Waals surface area contributed by atoms with E-state index >= 15 is 0 Å². The van der Waals surface area contributed by atoms with Gasteiger partial charge in [-0.25, -0.2) is 14.9 Å². The molecule has 1 saturated heterocycles. The molecule has 0 saturated carbocycles. The maximum Gasteiger partial charge on any atom is 0.340 e. The lowest BCUT2D eigenvalue weighted by atomic mass is 9.97. The monoisotopic (exact) mass is 369 g/mol. The standard InChI is InChI=1S/C18H19N5O4/c1-26-13-6-4-11(5-7-13)15-14(19-10-27-15)17(24)23-8-2-3-12(9-23)16-20-18(25)22-21-16/h4-7,10,12H,2-3,8-9H2,1H3,(H2,20,21,22,25). The van der Waals surface area contributed by atoms with Gasteiger partial charge in [-0.05, 0) is 37.1 Å². The van der Waals surface area contributed by atoms with Crippen molar-refractivity contribution in [1.29, 1.82) is 0 Å². The highest BCUT2D eigenvalue weighted by Gasteiger charge is 2.30. The highest BCUT2D eigenvalue weighted by molar-refractivity contribution is 5.97. The molecule has 1 aliphatic heterocycles. The van der Waals surface area contributed by atoms with Gasteiger partial charge < -0.3 is 14.1 Å². The summed E-state index contributed by atoms with van der Waals surface area (Å²) in [6, 6.07) is 7.25. The van der Waals surface area contributed by atoms with Crippen LogP contribution in [0.5, 0.6) is 5.75 Å². The largest absolute Gasteiger partial charge is 0.497 e. The minimum atomic E-state index is -0.341. The van der Waals surface area contributed by atoms with E-state index in [-0.39, 0.29) is 23.2 Å². The third-order valence-corrected chi connectivity index (χ3v) is 4.74. The van der Waals surface area contributed by atoms with Gasteiger partial charge in [-0.3, -0.25) is 9.78 Å². The molecule has 2 aromatic heterocycles. The number of benzene rings is 1. The van der Waals surface area contributed by atoms with Gasteiger partial charge in [-0.1, -0.05) is 0 Å². The predicted octanol–water partition coefficient (Wildman–Crippen LogP) is 1.78. The fraction of sp³-hybridized carbons (Fsp3) is 0.333. The second-order valence-electron chi connectivity index (χ2n) is 6.41. The van der Waals surface area contributed by atoms with Crippen molar-refractivity contribution in [2.24, 2.45) is 0 Å². The van der Waals surface area contributed by atoms with Crippen molar-refractivity contribution in [3.8, 4) is 17.1 Å². The molecule has 3 heterocycles. The van der Waals surface area contributed by atoms with Gasteiger partial charge in [0.2, 0.25) is 0 Å². The Balaban J connectivity index is 1.56. The lowest BCUT2D eigenvalue weighted by molar-refractivity contribution is 0.0699. The number of amides is 1. The molecule has 1 amide bonds. The molecular formula is C18H19N5O4. The first kappa shape index (κ1) is 17.1. The van der Waals surface area contributed by atoms with Gasteiger partial charge in [-0.15, -0.1) is 0 Å². The van der Waals surface area contributed by atoms with Crippen LogP contribution in [0.3, 0.4) is 0 Å². The first-order valence-electron chi connectivity index (χ1n) is 8.67. The van der Waals surface area contributed by atoms with E-state index in [4.69, 9.17) is 9.15 Å². The van der Waals surface area contributed by atoms with E-state index in [1.54, 1.807) is 24.1 Å². The quantitative estimate of drug-likeness (QED) is 0.724. The zero-order valence-corrected chi connectivity index (χ0v) is 14.8. The Morgan fingerprint density at radius 2 is 2.15 bits per heavy atom. The Kier molecular flexibility index (Phi) is 4.49. The van der Waals surface area contributed by atoms with E-state index < -0.39 is 0 Å². The summed E-state index contributed by atoms with van der Waals surface area (Å²) in [4.78, 5) is 32.9. The van der Waals surface area contributed by atoms with Crippen LogP contribution in [0.1, 0.15) is 35.1 Å². The minimum Gasteiger partial charge on any atom is -0.497 e. The number of hydrogen-bond donors (Lipinski definition) is 2. The number of aromatic nitrogens is 4. The number of aromatic amines is 2. The van der Waals surface area contributed by atoms with Crippen molar-refractivity contribution < 1.29 is 13.9 Å². The first-order valence-corrected chi connectivity index (χ1v) is 8.67. The maximum absolute atomic E-state index is 13.0. The van der Waals surface area contributed by atoms with Crippen molar-refractivity contribution in [2.45, 2.75) is 18.8 Å². The van der Waals surface area contributed by atoms with Gasteiger partial charge in [0.25, 0.3) is 5.91 Å². The molecule has 0 spiro atoms. The average molecular weight is 369 g/mol. The van der Waals surface area contributed by atoms with Gasteiger partial charge in [0, 0.05) is 24.6 Å². The number of likely N-dealkylation sites (tertiary alicyclic amines) is 1. The molecule has 140 valence electrons. The van der Waals surface area contributed by atoms with Crippen LogP contribution in [0.15, 0.2) is 39.9 Å².